The lowest BCUT2D eigenvalue weighted by Crippen LogP contribution is -2.45. The summed E-state index contributed by atoms with van der Waals surface area (Å²) in [4.78, 5) is 28.6. The van der Waals surface area contributed by atoms with Gasteiger partial charge in [-0.1, -0.05) is 6.07 Å². The number of aromatic nitrogens is 1. The lowest BCUT2D eigenvalue weighted by molar-refractivity contribution is -0.189. The minimum Gasteiger partial charge on any atom is -0.480 e. The van der Waals surface area contributed by atoms with E-state index in [0.717, 1.165) is 19.1 Å². The van der Waals surface area contributed by atoms with Crippen molar-refractivity contribution < 1.29 is 31.9 Å². The maximum atomic E-state index is 15.2. The molecular weight excluding hydrogens is 494 g/mol. The highest BCUT2D eigenvalue weighted by Crippen LogP contribution is 2.34. The summed E-state index contributed by atoms with van der Waals surface area (Å²) < 4.78 is 59.9. The second-order valence-electron chi connectivity index (χ2n) is 8.15. The van der Waals surface area contributed by atoms with Crippen molar-refractivity contribution >= 4 is 29.2 Å². The summed E-state index contributed by atoms with van der Waals surface area (Å²) >= 11 is 6.11. The second-order valence-corrected chi connectivity index (χ2v) is 8.62. The molecule has 3 unspecified atom stereocenters. The van der Waals surface area contributed by atoms with Gasteiger partial charge in [-0.05, 0) is 44.5 Å². The van der Waals surface area contributed by atoms with E-state index in [2.05, 4.69) is 26.5 Å². The van der Waals surface area contributed by atoms with Gasteiger partial charge in [0, 0.05) is 18.5 Å². The standard InChI is InChI=1S/C22H24ClF4N5O3/c1-9-5-6-16(29-20(9)28-12(4)33)13-8-17(35-11(3)22(25,26)27)14(7-15(13)24)21(34)30-18-10(2)31-32-19(18)23/h5-8,10-11,18-19,31-32H,1-4H3,(H,30,34)(H,28,29,33)/t10?,11-,18?,19?/m0/s1. The van der Waals surface area contributed by atoms with Gasteiger partial charge in [-0.3, -0.25) is 15.0 Å². The molecule has 0 aliphatic carbocycles. The number of anilines is 1. The Hall–Kier alpha value is -2.96. The first-order chi connectivity index (χ1) is 16.3. The van der Waals surface area contributed by atoms with Crippen molar-refractivity contribution in [3.63, 3.8) is 0 Å². The molecule has 13 heteroatoms. The van der Waals surface area contributed by atoms with Crippen molar-refractivity contribution in [2.45, 2.75) is 57.6 Å². The van der Waals surface area contributed by atoms with Crippen molar-refractivity contribution in [2.24, 2.45) is 0 Å². The van der Waals surface area contributed by atoms with E-state index in [1.54, 1.807) is 19.9 Å². The Morgan fingerprint density at radius 2 is 1.91 bits per heavy atom. The van der Waals surface area contributed by atoms with E-state index >= 15 is 4.39 Å². The van der Waals surface area contributed by atoms with Crippen molar-refractivity contribution in [3.8, 4) is 17.0 Å². The van der Waals surface area contributed by atoms with Crippen molar-refractivity contribution in [1.82, 2.24) is 21.2 Å². The number of hydrazine groups is 1. The largest absolute Gasteiger partial charge is 0.480 e. The number of pyridine rings is 1. The quantitative estimate of drug-likeness (QED) is 0.265. The lowest BCUT2D eigenvalue weighted by Gasteiger charge is -2.22. The van der Waals surface area contributed by atoms with E-state index in [4.69, 9.17) is 16.3 Å². The minimum absolute atomic E-state index is 0.0203. The Labute approximate surface area is 203 Å². The van der Waals surface area contributed by atoms with Gasteiger partial charge in [0.05, 0.1) is 17.3 Å². The summed E-state index contributed by atoms with van der Waals surface area (Å²) in [5, 5.41) is 5.09. The van der Waals surface area contributed by atoms with Gasteiger partial charge in [-0.25, -0.2) is 14.8 Å². The highest BCUT2D eigenvalue weighted by atomic mass is 35.5. The number of amides is 2. The predicted molar refractivity (Wildman–Crippen MR) is 121 cm³/mol. The molecule has 2 heterocycles. The van der Waals surface area contributed by atoms with Crippen LogP contribution in [0.25, 0.3) is 11.3 Å². The number of aryl methyl sites for hydroxylation is 1. The summed E-state index contributed by atoms with van der Waals surface area (Å²) in [6.07, 6.45) is -7.03. The molecule has 4 atom stereocenters. The smallest absolute Gasteiger partial charge is 0.425 e. The first-order valence-corrected chi connectivity index (χ1v) is 11.0. The fourth-order valence-corrected chi connectivity index (χ4v) is 3.67. The van der Waals surface area contributed by atoms with Gasteiger partial charge in [0.1, 0.15) is 22.9 Å². The van der Waals surface area contributed by atoms with Gasteiger partial charge in [0.25, 0.3) is 5.91 Å². The topological polar surface area (TPSA) is 104 Å². The van der Waals surface area contributed by atoms with E-state index in [-0.39, 0.29) is 23.1 Å². The zero-order valence-electron chi connectivity index (χ0n) is 19.2. The Morgan fingerprint density at radius 1 is 1.23 bits per heavy atom. The van der Waals surface area contributed by atoms with Crippen LogP contribution in [-0.2, 0) is 4.79 Å². The average Bonchev–Trinajstić information content (AvgIpc) is 3.07. The molecule has 4 N–H and O–H groups in total. The first-order valence-electron chi connectivity index (χ1n) is 10.6. The van der Waals surface area contributed by atoms with Crippen LogP contribution in [0.2, 0.25) is 0 Å². The number of hydrogen-bond acceptors (Lipinski definition) is 6. The number of carbonyl (C=O) groups excluding carboxylic acids is 2. The van der Waals surface area contributed by atoms with Gasteiger partial charge in [-0.15, -0.1) is 11.6 Å². The number of carbonyl (C=O) groups is 2. The minimum atomic E-state index is -4.74. The SMILES string of the molecule is CC(=O)Nc1nc(-c2cc(O[C@@H](C)C(F)(F)F)c(C(=O)NC3C(C)NNC3Cl)cc2F)ccc1C. The summed E-state index contributed by atoms with van der Waals surface area (Å²) in [6, 6.07) is 3.81. The number of nitrogens with zero attached hydrogens (tertiary/aromatic N) is 1. The normalized spacial score (nSPS) is 20.9. The number of alkyl halides is 4. The van der Waals surface area contributed by atoms with Gasteiger partial charge < -0.3 is 15.4 Å². The molecule has 1 aromatic carbocycles. The first kappa shape index (κ1) is 26.6. The molecular formula is C22H24ClF4N5O3. The lowest BCUT2D eigenvalue weighted by atomic mass is 10.0. The third-order valence-electron chi connectivity index (χ3n) is 5.35. The molecule has 1 fully saturated rings. The molecule has 1 saturated heterocycles. The molecule has 0 saturated carbocycles. The van der Waals surface area contributed by atoms with Gasteiger partial charge >= 0.3 is 6.18 Å². The Balaban J connectivity index is 2.06. The Morgan fingerprint density at radius 3 is 2.49 bits per heavy atom. The number of nitrogens with one attached hydrogen (secondary N) is 4. The van der Waals surface area contributed by atoms with Gasteiger partial charge in [0.15, 0.2) is 6.10 Å². The molecule has 35 heavy (non-hydrogen) atoms. The van der Waals surface area contributed by atoms with Crippen LogP contribution in [0.4, 0.5) is 23.4 Å². The average molecular weight is 518 g/mol. The predicted octanol–water partition coefficient (Wildman–Crippen LogP) is 3.64. The van der Waals surface area contributed by atoms with Crippen LogP contribution in [0.3, 0.4) is 0 Å². The highest BCUT2D eigenvalue weighted by Gasteiger charge is 2.39. The van der Waals surface area contributed by atoms with Crippen molar-refractivity contribution in [1.29, 1.82) is 0 Å². The third kappa shape index (κ3) is 6.19. The number of hydrogen-bond donors (Lipinski definition) is 4. The van der Waals surface area contributed by atoms with Crippen LogP contribution >= 0.6 is 11.6 Å². The summed E-state index contributed by atoms with van der Waals surface area (Å²) in [7, 11) is 0. The molecule has 8 nitrogen and oxygen atoms in total. The molecule has 3 rings (SSSR count). The number of benzene rings is 1. The summed E-state index contributed by atoms with van der Waals surface area (Å²) in [5.41, 5.74) is 4.77. The summed E-state index contributed by atoms with van der Waals surface area (Å²) in [5.74, 6) is -2.54. The van der Waals surface area contributed by atoms with E-state index in [1.807, 2.05) is 0 Å². The van der Waals surface area contributed by atoms with E-state index in [9.17, 15) is 22.8 Å². The number of ether oxygens (including phenoxy) is 1. The zero-order chi connectivity index (χ0) is 26.1. The van der Waals surface area contributed by atoms with Crippen LogP contribution in [0.1, 0.15) is 36.7 Å². The third-order valence-corrected chi connectivity index (χ3v) is 5.73. The van der Waals surface area contributed by atoms with E-state index in [0.29, 0.717) is 5.56 Å². The van der Waals surface area contributed by atoms with Gasteiger partial charge in [0.2, 0.25) is 5.91 Å². The van der Waals surface area contributed by atoms with Crippen molar-refractivity contribution in [3.05, 3.63) is 41.2 Å². The van der Waals surface area contributed by atoms with Crippen LogP contribution in [0.15, 0.2) is 24.3 Å². The fourth-order valence-electron chi connectivity index (χ4n) is 3.33. The van der Waals surface area contributed by atoms with E-state index in [1.165, 1.54) is 13.0 Å². The second kappa shape index (κ2) is 10.3. The van der Waals surface area contributed by atoms with Gasteiger partial charge in [-0.2, -0.15) is 13.2 Å². The highest BCUT2D eigenvalue weighted by molar-refractivity contribution is 6.21. The maximum Gasteiger partial charge on any atom is 0.425 e. The number of rotatable bonds is 6. The molecule has 0 spiro atoms. The monoisotopic (exact) mass is 517 g/mol. The zero-order valence-corrected chi connectivity index (χ0v) is 19.9. The van der Waals surface area contributed by atoms with Crippen LogP contribution < -0.4 is 26.2 Å². The van der Waals surface area contributed by atoms with Crippen LogP contribution in [0, 0.1) is 12.7 Å². The molecule has 1 aromatic heterocycles. The maximum absolute atomic E-state index is 15.2. The molecule has 0 bridgehead atoms. The van der Waals surface area contributed by atoms with Crippen molar-refractivity contribution in [2.75, 3.05) is 5.32 Å². The molecule has 190 valence electrons. The Kier molecular flexibility index (Phi) is 7.87. The number of halogens is 5. The molecule has 1 aliphatic rings. The van der Waals surface area contributed by atoms with Crippen LogP contribution in [0.5, 0.6) is 5.75 Å². The van der Waals surface area contributed by atoms with E-state index < -0.39 is 52.8 Å². The molecule has 2 aromatic rings. The molecule has 1 aliphatic heterocycles. The molecule has 2 amide bonds. The Bertz CT molecular complexity index is 1120. The fraction of sp³-hybridized carbons (Fsp3) is 0.409. The van der Waals surface area contributed by atoms with Crippen LogP contribution in [-0.4, -0.2) is 46.7 Å². The summed E-state index contributed by atoms with van der Waals surface area (Å²) in [6.45, 7) is 5.44. The molecule has 0 radical (unpaired) electrons.